The van der Waals surface area contributed by atoms with E-state index in [2.05, 4.69) is 10.3 Å². The minimum atomic E-state index is -0.696. The number of halogens is 2. The monoisotopic (exact) mass is 291 g/mol. The molecule has 0 bridgehead atoms. The number of anilines is 1. The Morgan fingerprint density at radius 1 is 1.29 bits per heavy atom. The molecule has 0 radical (unpaired) electrons. The summed E-state index contributed by atoms with van der Waals surface area (Å²) in [5, 5.41) is 2.57. The molecular formula is C15H15F2N3O. The second-order valence-electron chi connectivity index (χ2n) is 4.54. The van der Waals surface area contributed by atoms with Gasteiger partial charge in [0, 0.05) is 29.4 Å². The lowest BCUT2D eigenvalue weighted by Gasteiger charge is -2.08. The molecule has 3 N–H and O–H groups in total. The van der Waals surface area contributed by atoms with E-state index in [1.54, 1.807) is 6.07 Å². The number of nitrogen functional groups attached to an aromatic ring is 1. The fourth-order valence-electron chi connectivity index (χ4n) is 1.87. The van der Waals surface area contributed by atoms with Crippen molar-refractivity contribution in [1.29, 1.82) is 0 Å². The average Bonchev–Trinajstić information content (AvgIpc) is 2.45. The molecular weight excluding hydrogens is 276 g/mol. The summed E-state index contributed by atoms with van der Waals surface area (Å²) in [6.07, 6.45) is 0.651. The number of benzene rings is 1. The van der Waals surface area contributed by atoms with Gasteiger partial charge in [-0.3, -0.25) is 4.79 Å². The zero-order valence-corrected chi connectivity index (χ0v) is 11.5. The Hall–Kier alpha value is -2.50. The number of amides is 1. The van der Waals surface area contributed by atoms with Gasteiger partial charge in [0.15, 0.2) is 0 Å². The predicted molar refractivity (Wildman–Crippen MR) is 75.6 cm³/mol. The molecule has 1 amide bonds. The SMILES string of the molecule is CCc1cc(C(=O)NCc2ccc(F)cc2F)cc(N)n1. The van der Waals surface area contributed by atoms with Crippen LogP contribution in [-0.2, 0) is 13.0 Å². The molecule has 0 atom stereocenters. The Kier molecular flexibility index (Phi) is 4.47. The van der Waals surface area contributed by atoms with Gasteiger partial charge in [-0.05, 0) is 24.6 Å². The first-order chi connectivity index (χ1) is 9.99. The van der Waals surface area contributed by atoms with Crippen molar-refractivity contribution in [3.63, 3.8) is 0 Å². The lowest BCUT2D eigenvalue weighted by Crippen LogP contribution is -2.23. The fraction of sp³-hybridized carbons (Fsp3) is 0.200. The third-order valence-corrected chi connectivity index (χ3v) is 2.98. The van der Waals surface area contributed by atoms with E-state index < -0.39 is 11.6 Å². The van der Waals surface area contributed by atoms with Gasteiger partial charge in [0.2, 0.25) is 0 Å². The van der Waals surface area contributed by atoms with Crippen molar-refractivity contribution in [2.45, 2.75) is 19.9 Å². The Morgan fingerprint density at radius 2 is 2.05 bits per heavy atom. The highest BCUT2D eigenvalue weighted by Crippen LogP contribution is 2.11. The number of pyridine rings is 1. The van der Waals surface area contributed by atoms with Gasteiger partial charge in [0.25, 0.3) is 5.91 Å². The number of hydrogen-bond acceptors (Lipinski definition) is 3. The highest BCUT2D eigenvalue weighted by molar-refractivity contribution is 5.94. The molecule has 0 aliphatic rings. The van der Waals surface area contributed by atoms with Crippen LogP contribution in [0.4, 0.5) is 14.6 Å². The largest absolute Gasteiger partial charge is 0.384 e. The zero-order valence-electron chi connectivity index (χ0n) is 11.5. The molecule has 0 saturated heterocycles. The number of nitrogens with two attached hydrogens (primary N) is 1. The van der Waals surface area contributed by atoms with Crippen LogP contribution < -0.4 is 11.1 Å². The Morgan fingerprint density at radius 3 is 2.71 bits per heavy atom. The van der Waals surface area contributed by atoms with Crippen LogP contribution in [0.25, 0.3) is 0 Å². The van der Waals surface area contributed by atoms with E-state index in [0.717, 1.165) is 12.1 Å². The number of nitrogens with zero attached hydrogens (tertiary/aromatic N) is 1. The standard InChI is InChI=1S/C15H15F2N3O/c1-2-12-5-10(6-14(18)20-12)15(21)19-8-9-3-4-11(16)7-13(9)17/h3-7H,2,8H2,1H3,(H2,18,20)(H,19,21). The van der Waals surface area contributed by atoms with Crippen LogP contribution in [0.5, 0.6) is 0 Å². The molecule has 2 rings (SSSR count). The maximum Gasteiger partial charge on any atom is 0.251 e. The van der Waals surface area contributed by atoms with Crippen molar-refractivity contribution in [1.82, 2.24) is 10.3 Å². The second kappa shape index (κ2) is 6.30. The minimum Gasteiger partial charge on any atom is -0.384 e. The minimum absolute atomic E-state index is 0.0331. The summed E-state index contributed by atoms with van der Waals surface area (Å²) in [6, 6.07) is 6.30. The molecule has 1 aromatic heterocycles. The summed E-state index contributed by atoms with van der Waals surface area (Å²) < 4.78 is 26.3. The van der Waals surface area contributed by atoms with Gasteiger partial charge < -0.3 is 11.1 Å². The van der Waals surface area contributed by atoms with Crippen molar-refractivity contribution in [2.75, 3.05) is 5.73 Å². The highest BCUT2D eigenvalue weighted by atomic mass is 19.1. The quantitative estimate of drug-likeness (QED) is 0.909. The average molecular weight is 291 g/mol. The first-order valence-corrected chi connectivity index (χ1v) is 6.48. The molecule has 0 unspecified atom stereocenters. The van der Waals surface area contributed by atoms with Gasteiger partial charge in [0.05, 0.1) is 0 Å². The lowest BCUT2D eigenvalue weighted by atomic mass is 10.1. The van der Waals surface area contributed by atoms with E-state index in [1.807, 2.05) is 6.92 Å². The Balaban J connectivity index is 2.09. The van der Waals surface area contributed by atoms with Crippen molar-refractivity contribution < 1.29 is 13.6 Å². The normalized spacial score (nSPS) is 10.4. The summed E-state index contributed by atoms with van der Waals surface area (Å²) in [6.45, 7) is 1.87. The zero-order chi connectivity index (χ0) is 15.4. The number of aromatic nitrogens is 1. The van der Waals surface area contributed by atoms with E-state index >= 15 is 0 Å². The summed E-state index contributed by atoms with van der Waals surface area (Å²) in [5.74, 6) is -1.48. The molecule has 6 heteroatoms. The van der Waals surface area contributed by atoms with Gasteiger partial charge in [-0.25, -0.2) is 13.8 Å². The molecule has 21 heavy (non-hydrogen) atoms. The second-order valence-corrected chi connectivity index (χ2v) is 4.54. The molecule has 0 aliphatic heterocycles. The molecule has 1 aromatic carbocycles. The molecule has 110 valence electrons. The van der Waals surface area contributed by atoms with E-state index in [9.17, 15) is 13.6 Å². The maximum atomic E-state index is 13.5. The van der Waals surface area contributed by atoms with Gasteiger partial charge in [-0.15, -0.1) is 0 Å². The fourth-order valence-corrected chi connectivity index (χ4v) is 1.87. The molecule has 4 nitrogen and oxygen atoms in total. The van der Waals surface area contributed by atoms with Crippen molar-refractivity contribution in [3.8, 4) is 0 Å². The first-order valence-electron chi connectivity index (χ1n) is 6.48. The van der Waals surface area contributed by atoms with Crippen LogP contribution in [0.15, 0.2) is 30.3 Å². The third-order valence-electron chi connectivity index (χ3n) is 2.98. The van der Waals surface area contributed by atoms with Crippen LogP contribution in [0.3, 0.4) is 0 Å². The number of hydrogen-bond donors (Lipinski definition) is 2. The molecule has 2 aromatic rings. The Bertz CT molecular complexity index is 674. The predicted octanol–water partition coefficient (Wildman–Crippen LogP) is 2.43. The van der Waals surface area contributed by atoms with Gasteiger partial charge in [-0.2, -0.15) is 0 Å². The molecule has 0 spiro atoms. The van der Waals surface area contributed by atoms with E-state index in [0.29, 0.717) is 17.7 Å². The van der Waals surface area contributed by atoms with Crippen LogP contribution in [0.2, 0.25) is 0 Å². The van der Waals surface area contributed by atoms with E-state index in [-0.39, 0.29) is 23.8 Å². The topological polar surface area (TPSA) is 68.0 Å². The van der Waals surface area contributed by atoms with Crippen LogP contribution in [0.1, 0.15) is 28.5 Å². The first kappa shape index (κ1) is 14.9. The highest BCUT2D eigenvalue weighted by Gasteiger charge is 2.10. The van der Waals surface area contributed by atoms with Gasteiger partial charge in [0.1, 0.15) is 17.5 Å². The van der Waals surface area contributed by atoms with Crippen molar-refractivity contribution in [3.05, 3.63) is 58.8 Å². The molecule has 0 saturated carbocycles. The number of nitrogens with one attached hydrogen (secondary N) is 1. The van der Waals surface area contributed by atoms with E-state index in [4.69, 9.17) is 5.73 Å². The van der Waals surface area contributed by atoms with Crippen molar-refractivity contribution in [2.24, 2.45) is 0 Å². The number of aryl methyl sites for hydroxylation is 1. The summed E-state index contributed by atoms with van der Waals surface area (Å²) >= 11 is 0. The summed E-state index contributed by atoms with van der Waals surface area (Å²) in [5.41, 5.74) is 6.90. The van der Waals surface area contributed by atoms with E-state index in [1.165, 1.54) is 12.1 Å². The third kappa shape index (κ3) is 3.75. The molecule has 1 heterocycles. The molecule has 0 fully saturated rings. The van der Waals surface area contributed by atoms with Crippen LogP contribution in [0, 0.1) is 11.6 Å². The lowest BCUT2D eigenvalue weighted by molar-refractivity contribution is 0.0950. The van der Waals surface area contributed by atoms with Gasteiger partial charge >= 0.3 is 0 Å². The van der Waals surface area contributed by atoms with Crippen LogP contribution in [-0.4, -0.2) is 10.9 Å². The maximum absolute atomic E-state index is 13.5. The van der Waals surface area contributed by atoms with Crippen LogP contribution >= 0.6 is 0 Å². The number of rotatable bonds is 4. The number of carbonyl (C=O) groups is 1. The smallest absolute Gasteiger partial charge is 0.251 e. The van der Waals surface area contributed by atoms with Gasteiger partial charge in [-0.1, -0.05) is 13.0 Å². The molecule has 0 aliphatic carbocycles. The number of carbonyl (C=O) groups excluding carboxylic acids is 1. The Labute approximate surface area is 121 Å². The van der Waals surface area contributed by atoms with Crippen molar-refractivity contribution >= 4 is 11.7 Å². The summed E-state index contributed by atoms with van der Waals surface area (Å²) in [4.78, 5) is 16.1. The summed E-state index contributed by atoms with van der Waals surface area (Å²) in [7, 11) is 0.